The maximum absolute atomic E-state index is 11.5. The minimum absolute atomic E-state index is 0.141. The zero-order valence-corrected chi connectivity index (χ0v) is 11.5. The van der Waals surface area contributed by atoms with Crippen LogP contribution in [0.2, 0.25) is 0 Å². The number of nitro groups is 1. The third-order valence-electron chi connectivity index (χ3n) is 3.67. The molecule has 108 valence electrons. The number of hydrogen-bond donors (Lipinski definition) is 0. The monoisotopic (exact) mass is 286 g/mol. The molecule has 1 aliphatic rings. The fraction of sp³-hybridized carbons (Fsp3) is 0.286. The standard InChI is InChI=1S/C14H14N4O3/c1-10(19)12-3-2-11(8-13(12)18(20)21)17-7-6-16-5-4-15-14(16)9-17/h2-5,8H,6-7,9H2,1H3. The molecule has 0 fully saturated rings. The van der Waals surface area contributed by atoms with E-state index in [0.29, 0.717) is 6.54 Å². The van der Waals surface area contributed by atoms with Crippen LogP contribution in [0.3, 0.4) is 0 Å². The molecule has 2 heterocycles. The molecule has 1 aromatic heterocycles. The van der Waals surface area contributed by atoms with Gasteiger partial charge in [-0.1, -0.05) is 0 Å². The second-order valence-corrected chi connectivity index (χ2v) is 4.97. The number of anilines is 1. The van der Waals surface area contributed by atoms with Crippen LogP contribution in [-0.4, -0.2) is 26.8 Å². The molecule has 0 unspecified atom stereocenters. The van der Waals surface area contributed by atoms with Crippen molar-refractivity contribution in [3.05, 3.63) is 52.1 Å². The molecular weight excluding hydrogens is 272 g/mol. The molecule has 7 heteroatoms. The van der Waals surface area contributed by atoms with E-state index >= 15 is 0 Å². The number of rotatable bonds is 3. The molecule has 0 bridgehead atoms. The van der Waals surface area contributed by atoms with Crippen molar-refractivity contribution in [3.8, 4) is 0 Å². The van der Waals surface area contributed by atoms with E-state index in [4.69, 9.17) is 0 Å². The molecule has 1 aromatic carbocycles. The molecule has 0 radical (unpaired) electrons. The van der Waals surface area contributed by atoms with Crippen LogP contribution in [0, 0.1) is 10.1 Å². The third-order valence-corrected chi connectivity index (χ3v) is 3.67. The van der Waals surface area contributed by atoms with Crippen LogP contribution in [0.1, 0.15) is 23.1 Å². The molecule has 0 saturated carbocycles. The maximum atomic E-state index is 11.5. The number of aromatic nitrogens is 2. The van der Waals surface area contributed by atoms with Crippen molar-refractivity contribution in [2.24, 2.45) is 0 Å². The van der Waals surface area contributed by atoms with Crippen LogP contribution < -0.4 is 4.90 Å². The molecule has 21 heavy (non-hydrogen) atoms. The van der Waals surface area contributed by atoms with Gasteiger partial charge in [0.2, 0.25) is 0 Å². The summed E-state index contributed by atoms with van der Waals surface area (Å²) in [5.41, 5.74) is 0.733. The van der Waals surface area contributed by atoms with E-state index in [1.807, 2.05) is 11.1 Å². The molecule has 0 spiro atoms. The first-order valence-corrected chi connectivity index (χ1v) is 6.60. The van der Waals surface area contributed by atoms with E-state index in [1.165, 1.54) is 19.1 Å². The van der Waals surface area contributed by atoms with Crippen LogP contribution in [0.5, 0.6) is 0 Å². The number of fused-ring (bicyclic) bond motifs is 1. The lowest BCUT2D eigenvalue weighted by atomic mass is 10.1. The van der Waals surface area contributed by atoms with Gasteiger partial charge >= 0.3 is 0 Å². The molecule has 7 nitrogen and oxygen atoms in total. The van der Waals surface area contributed by atoms with E-state index < -0.39 is 4.92 Å². The molecule has 2 aromatic rings. The Bertz CT molecular complexity index is 723. The average molecular weight is 286 g/mol. The highest BCUT2D eigenvalue weighted by Gasteiger charge is 2.22. The van der Waals surface area contributed by atoms with Crippen molar-refractivity contribution < 1.29 is 9.72 Å². The van der Waals surface area contributed by atoms with Gasteiger partial charge in [0.1, 0.15) is 5.82 Å². The van der Waals surface area contributed by atoms with Crippen molar-refractivity contribution in [1.82, 2.24) is 9.55 Å². The van der Waals surface area contributed by atoms with Gasteiger partial charge in [-0.2, -0.15) is 0 Å². The minimum atomic E-state index is -0.509. The van der Waals surface area contributed by atoms with Crippen molar-refractivity contribution in [3.63, 3.8) is 0 Å². The van der Waals surface area contributed by atoms with Gasteiger partial charge in [0.25, 0.3) is 5.69 Å². The number of Topliss-reactive ketones (excluding diaryl/α,β-unsaturated/α-hetero) is 1. The van der Waals surface area contributed by atoms with Crippen molar-refractivity contribution in [2.75, 3.05) is 11.4 Å². The van der Waals surface area contributed by atoms with Crippen LogP contribution in [0.4, 0.5) is 11.4 Å². The Hall–Kier alpha value is -2.70. The second-order valence-electron chi connectivity index (χ2n) is 4.97. The Kier molecular flexibility index (Phi) is 3.17. The predicted molar refractivity (Wildman–Crippen MR) is 76.4 cm³/mol. The lowest BCUT2D eigenvalue weighted by molar-refractivity contribution is -0.385. The van der Waals surface area contributed by atoms with Gasteiger partial charge in [-0.05, 0) is 19.1 Å². The smallest absolute Gasteiger partial charge is 0.282 e. The molecule has 0 amide bonds. The van der Waals surface area contributed by atoms with Gasteiger partial charge in [0.05, 0.1) is 17.0 Å². The fourth-order valence-corrected chi connectivity index (χ4v) is 2.56. The third kappa shape index (κ3) is 2.37. The Labute approximate surface area is 121 Å². The number of carbonyl (C=O) groups excluding carboxylic acids is 1. The number of benzene rings is 1. The van der Waals surface area contributed by atoms with E-state index in [-0.39, 0.29) is 17.0 Å². The number of nitrogens with zero attached hydrogens (tertiary/aromatic N) is 4. The van der Waals surface area contributed by atoms with Gasteiger partial charge in [-0.15, -0.1) is 0 Å². The molecule has 0 atom stereocenters. The summed E-state index contributed by atoms with van der Waals surface area (Å²) in [6.45, 7) is 3.47. The van der Waals surface area contributed by atoms with Crippen LogP contribution in [0.15, 0.2) is 30.6 Å². The average Bonchev–Trinajstić information content (AvgIpc) is 2.93. The van der Waals surface area contributed by atoms with Crippen molar-refractivity contribution in [2.45, 2.75) is 20.0 Å². The zero-order valence-electron chi connectivity index (χ0n) is 11.5. The first kappa shape index (κ1) is 13.3. The molecule has 3 rings (SSSR count). The molecule has 0 aliphatic carbocycles. The first-order chi connectivity index (χ1) is 10.1. The van der Waals surface area contributed by atoms with Crippen LogP contribution in [-0.2, 0) is 13.1 Å². The van der Waals surface area contributed by atoms with Crippen LogP contribution >= 0.6 is 0 Å². The number of nitro benzene ring substituents is 1. The summed E-state index contributed by atoms with van der Waals surface area (Å²) < 4.78 is 2.06. The highest BCUT2D eigenvalue weighted by Crippen LogP contribution is 2.28. The van der Waals surface area contributed by atoms with E-state index in [0.717, 1.165) is 24.6 Å². The van der Waals surface area contributed by atoms with Crippen LogP contribution in [0.25, 0.3) is 0 Å². The summed E-state index contributed by atoms with van der Waals surface area (Å²) in [5, 5.41) is 11.1. The summed E-state index contributed by atoms with van der Waals surface area (Å²) in [4.78, 5) is 28.4. The van der Waals surface area contributed by atoms with Gasteiger partial charge in [-0.3, -0.25) is 14.9 Å². The predicted octanol–water partition coefficient (Wildman–Crippen LogP) is 2.01. The lowest BCUT2D eigenvalue weighted by Gasteiger charge is -2.29. The minimum Gasteiger partial charge on any atom is -0.362 e. The van der Waals surface area contributed by atoms with Crippen molar-refractivity contribution in [1.29, 1.82) is 0 Å². The molecule has 1 aliphatic heterocycles. The van der Waals surface area contributed by atoms with E-state index in [2.05, 4.69) is 9.55 Å². The number of hydrogen-bond acceptors (Lipinski definition) is 5. The second kappa shape index (κ2) is 5.01. The molecule has 0 saturated heterocycles. The lowest BCUT2D eigenvalue weighted by Crippen LogP contribution is -2.33. The highest BCUT2D eigenvalue weighted by atomic mass is 16.6. The Morgan fingerprint density at radius 3 is 2.90 bits per heavy atom. The summed E-state index contributed by atoms with van der Waals surface area (Å²) in [7, 11) is 0. The number of ketones is 1. The molecule has 0 N–H and O–H groups in total. The largest absolute Gasteiger partial charge is 0.362 e. The van der Waals surface area contributed by atoms with Crippen molar-refractivity contribution >= 4 is 17.2 Å². The fourth-order valence-electron chi connectivity index (χ4n) is 2.56. The summed E-state index contributed by atoms with van der Waals surface area (Å²) in [6.07, 6.45) is 3.67. The first-order valence-electron chi connectivity index (χ1n) is 6.60. The van der Waals surface area contributed by atoms with Gasteiger partial charge < -0.3 is 9.47 Å². The number of imidazole rings is 1. The summed E-state index contributed by atoms with van der Waals surface area (Å²) >= 11 is 0. The SMILES string of the molecule is CC(=O)c1ccc(N2CCn3ccnc3C2)cc1[N+](=O)[O-]. The topological polar surface area (TPSA) is 81.3 Å². The quantitative estimate of drug-likeness (QED) is 0.490. The Balaban J connectivity index is 1.95. The molecular formula is C14H14N4O3. The summed E-state index contributed by atoms with van der Waals surface area (Å²) in [6, 6.07) is 4.74. The van der Waals surface area contributed by atoms with Gasteiger partial charge in [-0.25, -0.2) is 4.98 Å². The number of carbonyl (C=O) groups is 1. The van der Waals surface area contributed by atoms with Gasteiger partial charge in [0.15, 0.2) is 5.78 Å². The van der Waals surface area contributed by atoms with Gasteiger partial charge in [0, 0.05) is 37.2 Å². The van der Waals surface area contributed by atoms with E-state index in [1.54, 1.807) is 12.3 Å². The highest BCUT2D eigenvalue weighted by molar-refractivity contribution is 5.98. The zero-order chi connectivity index (χ0) is 15.0. The Morgan fingerprint density at radius 2 is 2.19 bits per heavy atom. The normalized spacial score (nSPS) is 13.9. The summed E-state index contributed by atoms with van der Waals surface area (Å²) in [5.74, 6) is 0.627. The maximum Gasteiger partial charge on any atom is 0.282 e. The van der Waals surface area contributed by atoms with E-state index in [9.17, 15) is 14.9 Å². The Morgan fingerprint density at radius 1 is 1.38 bits per heavy atom.